The molecule has 1 aliphatic rings. The first-order valence-corrected chi connectivity index (χ1v) is 6.41. The number of hydrogen-bond acceptors (Lipinski definition) is 3. The monoisotopic (exact) mass is 228 g/mol. The molecule has 0 spiro atoms. The summed E-state index contributed by atoms with van der Waals surface area (Å²) in [6, 6.07) is 0.335. The summed E-state index contributed by atoms with van der Waals surface area (Å²) in [7, 11) is 1.81. The highest BCUT2D eigenvalue weighted by atomic mass is 16.5. The molecule has 1 rings (SSSR count). The second-order valence-electron chi connectivity index (χ2n) is 6.26. The molecule has 0 bridgehead atoms. The van der Waals surface area contributed by atoms with Gasteiger partial charge in [-0.15, -0.1) is 0 Å². The Balaban J connectivity index is 2.15. The van der Waals surface area contributed by atoms with E-state index in [0.717, 1.165) is 25.9 Å². The largest absolute Gasteiger partial charge is 0.380 e. The van der Waals surface area contributed by atoms with Gasteiger partial charge in [0.05, 0.1) is 6.10 Å². The van der Waals surface area contributed by atoms with Crippen molar-refractivity contribution in [1.29, 1.82) is 0 Å². The quantitative estimate of drug-likeness (QED) is 0.780. The maximum absolute atomic E-state index is 6.15. The number of rotatable bonds is 5. The van der Waals surface area contributed by atoms with Gasteiger partial charge in [0.2, 0.25) is 0 Å². The van der Waals surface area contributed by atoms with E-state index in [1.807, 2.05) is 0 Å². The minimum Gasteiger partial charge on any atom is -0.380 e. The second kappa shape index (κ2) is 5.99. The van der Waals surface area contributed by atoms with Crippen LogP contribution >= 0.6 is 0 Å². The van der Waals surface area contributed by atoms with Gasteiger partial charge < -0.3 is 15.4 Å². The molecule has 0 saturated carbocycles. The number of nitrogens with two attached hydrogens (primary N) is 1. The fourth-order valence-corrected chi connectivity index (χ4v) is 2.43. The highest BCUT2D eigenvalue weighted by Crippen LogP contribution is 2.21. The van der Waals surface area contributed by atoms with Crippen LogP contribution in [0.25, 0.3) is 0 Å². The van der Waals surface area contributed by atoms with Crippen LogP contribution in [-0.4, -0.2) is 43.8 Å². The lowest BCUT2D eigenvalue weighted by molar-refractivity contribution is 0.107. The molecule has 0 amide bonds. The van der Waals surface area contributed by atoms with E-state index in [-0.39, 0.29) is 0 Å². The van der Waals surface area contributed by atoms with Crippen LogP contribution in [0.2, 0.25) is 0 Å². The van der Waals surface area contributed by atoms with Crippen LogP contribution in [0, 0.1) is 5.41 Å². The van der Waals surface area contributed by atoms with Crippen LogP contribution < -0.4 is 5.73 Å². The van der Waals surface area contributed by atoms with Crippen molar-refractivity contribution in [3.05, 3.63) is 0 Å². The minimum absolute atomic E-state index is 0.335. The number of hydrogen-bond donors (Lipinski definition) is 1. The number of methoxy groups -OCH3 is 1. The van der Waals surface area contributed by atoms with Gasteiger partial charge in [0.25, 0.3) is 0 Å². The Morgan fingerprint density at radius 2 is 2.12 bits per heavy atom. The summed E-state index contributed by atoms with van der Waals surface area (Å²) >= 11 is 0. The summed E-state index contributed by atoms with van der Waals surface area (Å²) < 4.78 is 5.36. The molecule has 3 nitrogen and oxygen atoms in total. The molecule has 0 radical (unpaired) electrons. The predicted octanol–water partition coefficient (Wildman–Crippen LogP) is 1.86. The van der Waals surface area contributed by atoms with E-state index in [2.05, 4.69) is 25.7 Å². The SMILES string of the molecule is COC1CCN(CCC(N)CC(C)(C)C)C1. The molecule has 1 heterocycles. The van der Waals surface area contributed by atoms with Crippen molar-refractivity contribution in [2.75, 3.05) is 26.7 Å². The van der Waals surface area contributed by atoms with E-state index < -0.39 is 0 Å². The zero-order valence-electron chi connectivity index (χ0n) is 11.3. The lowest BCUT2D eigenvalue weighted by atomic mass is 9.87. The van der Waals surface area contributed by atoms with E-state index in [9.17, 15) is 0 Å². The van der Waals surface area contributed by atoms with Gasteiger partial charge in [-0.1, -0.05) is 20.8 Å². The smallest absolute Gasteiger partial charge is 0.0710 e. The minimum atomic E-state index is 0.335. The Morgan fingerprint density at radius 3 is 2.62 bits per heavy atom. The van der Waals surface area contributed by atoms with Crippen molar-refractivity contribution in [3.8, 4) is 0 Å². The molecule has 96 valence electrons. The predicted molar refractivity (Wildman–Crippen MR) is 68.5 cm³/mol. The molecule has 1 fully saturated rings. The third-order valence-corrected chi connectivity index (χ3v) is 3.25. The summed E-state index contributed by atoms with van der Waals surface area (Å²) in [6.45, 7) is 10.1. The molecule has 2 unspecified atom stereocenters. The molecular formula is C13H28N2O. The molecule has 0 aromatic rings. The maximum atomic E-state index is 6.15. The average Bonchev–Trinajstić information content (AvgIpc) is 2.59. The molecule has 0 aromatic carbocycles. The van der Waals surface area contributed by atoms with Crippen molar-refractivity contribution in [2.45, 2.75) is 52.2 Å². The Hall–Kier alpha value is -0.120. The fourth-order valence-electron chi connectivity index (χ4n) is 2.43. The van der Waals surface area contributed by atoms with Crippen molar-refractivity contribution >= 4 is 0 Å². The Labute approximate surface area is 100 Å². The van der Waals surface area contributed by atoms with Crippen molar-refractivity contribution in [1.82, 2.24) is 4.90 Å². The van der Waals surface area contributed by atoms with Crippen LogP contribution in [-0.2, 0) is 4.74 Å². The Bertz CT molecular complexity index is 201. The molecule has 2 N–H and O–H groups in total. The molecule has 16 heavy (non-hydrogen) atoms. The summed E-state index contributed by atoms with van der Waals surface area (Å²) in [6.07, 6.45) is 3.83. The zero-order chi connectivity index (χ0) is 12.2. The third kappa shape index (κ3) is 5.28. The summed E-state index contributed by atoms with van der Waals surface area (Å²) in [5.74, 6) is 0. The Morgan fingerprint density at radius 1 is 1.44 bits per heavy atom. The summed E-state index contributed by atoms with van der Waals surface area (Å²) in [5, 5.41) is 0. The van der Waals surface area contributed by atoms with Crippen LogP contribution in [0.5, 0.6) is 0 Å². The first-order valence-electron chi connectivity index (χ1n) is 6.41. The van der Waals surface area contributed by atoms with Gasteiger partial charge in [0, 0.05) is 26.2 Å². The number of likely N-dealkylation sites (tertiary alicyclic amines) is 1. The highest BCUT2D eigenvalue weighted by molar-refractivity contribution is 4.78. The van der Waals surface area contributed by atoms with Crippen molar-refractivity contribution in [3.63, 3.8) is 0 Å². The Kier molecular flexibility index (Phi) is 5.22. The second-order valence-corrected chi connectivity index (χ2v) is 6.26. The summed E-state index contributed by atoms with van der Waals surface area (Å²) in [5.41, 5.74) is 6.49. The average molecular weight is 228 g/mol. The third-order valence-electron chi connectivity index (χ3n) is 3.25. The van der Waals surface area contributed by atoms with Gasteiger partial charge in [0.15, 0.2) is 0 Å². The van der Waals surface area contributed by atoms with Gasteiger partial charge in [-0.05, 0) is 31.2 Å². The standard InChI is InChI=1S/C13H28N2O/c1-13(2,3)9-11(14)5-7-15-8-6-12(10-15)16-4/h11-12H,5-10,14H2,1-4H3. The van der Waals surface area contributed by atoms with Gasteiger partial charge in [0.1, 0.15) is 0 Å². The van der Waals surface area contributed by atoms with Crippen molar-refractivity contribution < 1.29 is 4.74 Å². The van der Waals surface area contributed by atoms with E-state index in [0.29, 0.717) is 17.6 Å². The van der Waals surface area contributed by atoms with E-state index >= 15 is 0 Å². The van der Waals surface area contributed by atoms with Crippen LogP contribution in [0.3, 0.4) is 0 Å². The summed E-state index contributed by atoms with van der Waals surface area (Å²) in [4.78, 5) is 2.47. The highest BCUT2D eigenvalue weighted by Gasteiger charge is 2.22. The normalized spacial score (nSPS) is 24.9. The zero-order valence-corrected chi connectivity index (χ0v) is 11.3. The van der Waals surface area contributed by atoms with Crippen LogP contribution in [0.1, 0.15) is 40.0 Å². The van der Waals surface area contributed by atoms with Crippen LogP contribution in [0.4, 0.5) is 0 Å². The lowest BCUT2D eigenvalue weighted by Crippen LogP contribution is -2.32. The van der Waals surface area contributed by atoms with Crippen molar-refractivity contribution in [2.24, 2.45) is 11.1 Å². The lowest BCUT2D eigenvalue weighted by Gasteiger charge is -2.25. The fraction of sp³-hybridized carbons (Fsp3) is 1.00. The molecule has 1 aliphatic heterocycles. The van der Waals surface area contributed by atoms with E-state index in [1.54, 1.807) is 7.11 Å². The van der Waals surface area contributed by atoms with Gasteiger partial charge in [-0.2, -0.15) is 0 Å². The van der Waals surface area contributed by atoms with Crippen LogP contribution in [0.15, 0.2) is 0 Å². The maximum Gasteiger partial charge on any atom is 0.0710 e. The van der Waals surface area contributed by atoms with Gasteiger partial charge in [-0.3, -0.25) is 0 Å². The first kappa shape index (κ1) is 13.9. The molecule has 0 aliphatic carbocycles. The van der Waals surface area contributed by atoms with Gasteiger partial charge >= 0.3 is 0 Å². The molecule has 3 heteroatoms. The van der Waals surface area contributed by atoms with E-state index in [4.69, 9.17) is 10.5 Å². The number of ether oxygens (including phenoxy) is 1. The molecule has 1 saturated heterocycles. The molecule has 0 aromatic heterocycles. The molecule has 2 atom stereocenters. The van der Waals surface area contributed by atoms with Gasteiger partial charge in [-0.25, -0.2) is 0 Å². The first-order chi connectivity index (χ1) is 7.40. The van der Waals surface area contributed by atoms with E-state index in [1.165, 1.54) is 13.0 Å². The number of nitrogens with zero attached hydrogens (tertiary/aromatic N) is 1. The topological polar surface area (TPSA) is 38.5 Å². The molecular weight excluding hydrogens is 200 g/mol.